The number of nitrogens with one attached hydrogen (secondary N) is 1. The Balaban J connectivity index is 1.83. The molecule has 1 atom stereocenters. The van der Waals surface area contributed by atoms with Gasteiger partial charge in [-0.05, 0) is 31.5 Å². The predicted molar refractivity (Wildman–Crippen MR) is 64.6 cm³/mol. The second-order valence-electron chi connectivity index (χ2n) is 4.37. The minimum Gasteiger partial charge on any atom is -0.334 e. The molecule has 1 aromatic heterocycles. The van der Waals surface area contributed by atoms with Gasteiger partial charge in [0.05, 0.1) is 0 Å². The highest BCUT2D eigenvalue weighted by molar-refractivity contribution is 5.52. The number of rotatable bonds is 2. The molecule has 1 fully saturated rings. The Hall–Kier alpha value is -1.68. The SMILES string of the molecule is c1ccc(-c2nc([C@@H]3CCCNC3)no2)cc1. The van der Waals surface area contributed by atoms with Gasteiger partial charge >= 0.3 is 0 Å². The van der Waals surface area contributed by atoms with E-state index in [-0.39, 0.29) is 0 Å². The summed E-state index contributed by atoms with van der Waals surface area (Å²) >= 11 is 0. The highest BCUT2D eigenvalue weighted by Crippen LogP contribution is 2.23. The average Bonchev–Trinajstić information content (AvgIpc) is 2.90. The van der Waals surface area contributed by atoms with Crippen LogP contribution in [0.3, 0.4) is 0 Å². The third-order valence-electron chi connectivity index (χ3n) is 3.12. The van der Waals surface area contributed by atoms with Gasteiger partial charge in [0.2, 0.25) is 0 Å². The highest BCUT2D eigenvalue weighted by atomic mass is 16.5. The van der Waals surface area contributed by atoms with Crippen molar-refractivity contribution in [2.45, 2.75) is 18.8 Å². The normalized spacial score (nSPS) is 20.4. The first-order valence-electron chi connectivity index (χ1n) is 6.03. The molecule has 0 amide bonds. The van der Waals surface area contributed by atoms with Crippen molar-refractivity contribution in [1.82, 2.24) is 15.5 Å². The van der Waals surface area contributed by atoms with Crippen LogP contribution < -0.4 is 5.32 Å². The van der Waals surface area contributed by atoms with E-state index in [4.69, 9.17) is 4.52 Å². The Morgan fingerprint density at radius 2 is 2.12 bits per heavy atom. The molecule has 0 unspecified atom stereocenters. The Labute approximate surface area is 100 Å². The molecule has 0 spiro atoms. The summed E-state index contributed by atoms with van der Waals surface area (Å²) in [5, 5.41) is 7.45. The summed E-state index contributed by atoms with van der Waals surface area (Å²) in [7, 11) is 0. The first kappa shape index (κ1) is 10.5. The lowest BCUT2D eigenvalue weighted by molar-refractivity contribution is 0.393. The van der Waals surface area contributed by atoms with Crippen molar-refractivity contribution in [2.75, 3.05) is 13.1 Å². The molecule has 2 aromatic rings. The third kappa shape index (κ3) is 2.22. The van der Waals surface area contributed by atoms with Gasteiger partial charge in [-0.3, -0.25) is 0 Å². The summed E-state index contributed by atoms with van der Waals surface area (Å²) in [6.45, 7) is 2.05. The molecular formula is C13H15N3O. The van der Waals surface area contributed by atoms with Crippen molar-refractivity contribution in [1.29, 1.82) is 0 Å². The summed E-state index contributed by atoms with van der Waals surface area (Å²) < 4.78 is 5.32. The van der Waals surface area contributed by atoms with Gasteiger partial charge in [-0.2, -0.15) is 4.98 Å². The number of nitrogens with zero attached hydrogens (tertiary/aromatic N) is 2. The fraction of sp³-hybridized carbons (Fsp3) is 0.385. The lowest BCUT2D eigenvalue weighted by Crippen LogP contribution is -2.28. The molecule has 0 bridgehead atoms. The van der Waals surface area contributed by atoms with Crippen molar-refractivity contribution in [3.63, 3.8) is 0 Å². The number of aromatic nitrogens is 2. The molecule has 1 saturated heterocycles. The Morgan fingerprint density at radius 3 is 2.88 bits per heavy atom. The monoisotopic (exact) mass is 229 g/mol. The van der Waals surface area contributed by atoms with E-state index in [1.54, 1.807) is 0 Å². The van der Waals surface area contributed by atoms with Crippen LogP contribution in [0, 0.1) is 0 Å². The van der Waals surface area contributed by atoms with Crippen molar-refractivity contribution >= 4 is 0 Å². The first-order chi connectivity index (χ1) is 8.43. The molecular weight excluding hydrogens is 214 g/mol. The number of piperidine rings is 1. The fourth-order valence-electron chi connectivity index (χ4n) is 2.17. The van der Waals surface area contributed by atoms with Gasteiger partial charge in [-0.15, -0.1) is 0 Å². The maximum Gasteiger partial charge on any atom is 0.257 e. The van der Waals surface area contributed by atoms with E-state index in [2.05, 4.69) is 15.5 Å². The van der Waals surface area contributed by atoms with Crippen LogP contribution in [-0.4, -0.2) is 23.2 Å². The summed E-state index contributed by atoms with van der Waals surface area (Å²) in [5.74, 6) is 1.84. The van der Waals surface area contributed by atoms with Crippen LogP contribution >= 0.6 is 0 Å². The van der Waals surface area contributed by atoms with Crippen LogP contribution in [-0.2, 0) is 0 Å². The van der Waals surface area contributed by atoms with Gasteiger partial charge in [0, 0.05) is 18.0 Å². The molecule has 4 nitrogen and oxygen atoms in total. The standard InChI is InChI=1S/C13H15N3O/c1-2-5-10(6-3-1)13-15-12(16-17-13)11-7-4-8-14-9-11/h1-3,5-6,11,14H,4,7-9H2/t11-/m1/s1. The second kappa shape index (κ2) is 4.67. The van der Waals surface area contributed by atoms with E-state index in [9.17, 15) is 0 Å². The van der Waals surface area contributed by atoms with Crippen LogP contribution in [0.1, 0.15) is 24.6 Å². The summed E-state index contributed by atoms with van der Waals surface area (Å²) in [5.41, 5.74) is 0.981. The zero-order valence-corrected chi connectivity index (χ0v) is 9.60. The van der Waals surface area contributed by atoms with E-state index in [0.717, 1.165) is 30.9 Å². The number of benzene rings is 1. The van der Waals surface area contributed by atoms with Crippen molar-refractivity contribution < 1.29 is 4.52 Å². The van der Waals surface area contributed by atoms with Gasteiger partial charge in [-0.1, -0.05) is 23.4 Å². The molecule has 0 saturated carbocycles. The Kier molecular flexibility index (Phi) is 2.88. The molecule has 88 valence electrons. The topological polar surface area (TPSA) is 51.0 Å². The van der Waals surface area contributed by atoms with Crippen molar-refractivity contribution in [3.05, 3.63) is 36.2 Å². The predicted octanol–water partition coefficient (Wildman–Crippen LogP) is 2.20. The van der Waals surface area contributed by atoms with Crippen LogP contribution in [0.25, 0.3) is 11.5 Å². The van der Waals surface area contributed by atoms with E-state index >= 15 is 0 Å². The van der Waals surface area contributed by atoms with Crippen LogP contribution in [0.5, 0.6) is 0 Å². The minimum atomic E-state index is 0.393. The molecule has 1 N–H and O–H groups in total. The molecule has 1 aromatic carbocycles. The zero-order valence-electron chi connectivity index (χ0n) is 9.60. The van der Waals surface area contributed by atoms with E-state index in [0.29, 0.717) is 11.8 Å². The second-order valence-corrected chi connectivity index (χ2v) is 4.37. The maximum atomic E-state index is 5.32. The molecule has 3 rings (SSSR count). The van der Waals surface area contributed by atoms with Crippen LogP contribution in [0.15, 0.2) is 34.9 Å². The lowest BCUT2D eigenvalue weighted by Gasteiger charge is -2.19. The van der Waals surface area contributed by atoms with Crippen molar-refractivity contribution in [2.24, 2.45) is 0 Å². The summed E-state index contributed by atoms with van der Waals surface area (Å²) in [6.07, 6.45) is 2.32. The minimum absolute atomic E-state index is 0.393. The molecule has 1 aliphatic heterocycles. The smallest absolute Gasteiger partial charge is 0.257 e. The van der Waals surface area contributed by atoms with Gasteiger partial charge in [0.25, 0.3) is 5.89 Å². The van der Waals surface area contributed by atoms with Crippen LogP contribution in [0.2, 0.25) is 0 Å². The number of hydrogen-bond donors (Lipinski definition) is 1. The quantitative estimate of drug-likeness (QED) is 0.857. The van der Waals surface area contributed by atoms with E-state index in [1.165, 1.54) is 6.42 Å². The molecule has 0 aliphatic carbocycles. The maximum absolute atomic E-state index is 5.32. The molecule has 0 radical (unpaired) electrons. The van der Waals surface area contributed by atoms with Gasteiger partial charge < -0.3 is 9.84 Å². The van der Waals surface area contributed by atoms with E-state index in [1.807, 2.05) is 30.3 Å². The molecule has 4 heteroatoms. The van der Waals surface area contributed by atoms with Crippen molar-refractivity contribution in [3.8, 4) is 11.5 Å². The van der Waals surface area contributed by atoms with Gasteiger partial charge in [0.1, 0.15) is 0 Å². The average molecular weight is 229 g/mol. The van der Waals surface area contributed by atoms with Gasteiger partial charge in [0.15, 0.2) is 5.82 Å². The lowest BCUT2D eigenvalue weighted by atomic mass is 9.99. The Bertz CT molecular complexity index is 474. The largest absolute Gasteiger partial charge is 0.334 e. The van der Waals surface area contributed by atoms with Gasteiger partial charge in [-0.25, -0.2) is 0 Å². The third-order valence-corrected chi connectivity index (χ3v) is 3.12. The zero-order chi connectivity index (χ0) is 11.5. The van der Waals surface area contributed by atoms with Crippen LogP contribution in [0.4, 0.5) is 0 Å². The van der Waals surface area contributed by atoms with E-state index < -0.39 is 0 Å². The molecule has 2 heterocycles. The first-order valence-corrected chi connectivity index (χ1v) is 6.03. The molecule has 1 aliphatic rings. The highest BCUT2D eigenvalue weighted by Gasteiger charge is 2.20. The Morgan fingerprint density at radius 1 is 1.24 bits per heavy atom. The fourth-order valence-corrected chi connectivity index (χ4v) is 2.17. The summed E-state index contributed by atoms with van der Waals surface area (Å²) in [4.78, 5) is 4.49. The number of hydrogen-bond acceptors (Lipinski definition) is 4. The molecule has 17 heavy (non-hydrogen) atoms. The summed E-state index contributed by atoms with van der Waals surface area (Å²) in [6, 6.07) is 9.89.